The molecule has 0 aliphatic carbocycles. The molecule has 2 rings (SSSR count). The fourth-order valence-corrected chi connectivity index (χ4v) is 2.25. The average molecular weight is 356 g/mol. The molecule has 0 radical (unpaired) electrons. The zero-order chi connectivity index (χ0) is 16.8. The highest BCUT2D eigenvalue weighted by Crippen LogP contribution is 2.28. The Morgan fingerprint density at radius 1 is 1.39 bits per heavy atom. The molecule has 122 valence electrons. The molecule has 1 amide bonds. The second-order valence-electron chi connectivity index (χ2n) is 4.71. The molecule has 1 aromatic heterocycles. The number of carbonyl (C=O) groups is 1. The van der Waals surface area contributed by atoms with E-state index >= 15 is 0 Å². The highest BCUT2D eigenvalue weighted by Gasteiger charge is 2.15. The minimum atomic E-state index is -0.742. The number of halogens is 2. The summed E-state index contributed by atoms with van der Waals surface area (Å²) >= 11 is 11.8. The van der Waals surface area contributed by atoms with E-state index in [0.29, 0.717) is 15.8 Å². The van der Waals surface area contributed by atoms with Gasteiger partial charge in [0, 0.05) is 23.8 Å². The summed E-state index contributed by atoms with van der Waals surface area (Å²) in [7, 11) is 0. The molecule has 2 aromatic rings. The van der Waals surface area contributed by atoms with Crippen molar-refractivity contribution in [2.45, 2.75) is 19.6 Å². The maximum absolute atomic E-state index is 12.0. The number of nitrogens with one attached hydrogen (secondary N) is 1. The van der Waals surface area contributed by atoms with Crippen molar-refractivity contribution in [1.82, 2.24) is 15.1 Å². The van der Waals surface area contributed by atoms with Gasteiger partial charge >= 0.3 is 0 Å². The summed E-state index contributed by atoms with van der Waals surface area (Å²) < 4.78 is 6.77. The van der Waals surface area contributed by atoms with Gasteiger partial charge in [-0.05, 0) is 31.2 Å². The van der Waals surface area contributed by atoms with E-state index in [9.17, 15) is 9.59 Å². The van der Waals surface area contributed by atoms with Gasteiger partial charge in [-0.15, -0.1) is 0 Å². The summed E-state index contributed by atoms with van der Waals surface area (Å²) in [6.07, 6.45) is 0.770. The zero-order valence-electron chi connectivity index (χ0n) is 12.3. The number of hydrogen-bond acceptors (Lipinski definition) is 4. The van der Waals surface area contributed by atoms with Gasteiger partial charge in [0.2, 0.25) is 0 Å². The first-order chi connectivity index (χ1) is 11.0. The normalized spacial score (nSPS) is 11.8. The first-order valence-electron chi connectivity index (χ1n) is 6.89. The number of amides is 1. The van der Waals surface area contributed by atoms with Gasteiger partial charge in [-0.3, -0.25) is 9.59 Å². The molecule has 23 heavy (non-hydrogen) atoms. The number of ether oxygens (including phenoxy) is 1. The molecule has 0 saturated heterocycles. The summed E-state index contributed by atoms with van der Waals surface area (Å²) in [4.78, 5) is 23.5. The van der Waals surface area contributed by atoms with Gasteiger partial charge in [0.05, 0.1) is 11.6 Å². The van der Waals surface area contributed by atoms with E-state index in [-0.39, 0.29) is 24.6 Å². The summed E-state index contributed by atoms with van der Waals surface area (Å²) in [6.45, 7) is 2.14. The van der Waals surface area contributed by atoms with Crippen LogP contribution < -0.4 is 15.6 Å². The van der Waals surface area contributed by atoms with Crippen LogP contribution in [0.1, 0.15) is 6.92 Å². The van der Waals surface area contributed by atoms with Crippen molar-refractivity contribution in [3.8, 4) is 5.75 Å². The fraction of sp³-hybridized carbons (Fsp3) is 0.267. The Labute approximate surface area is 143 Å². The summed E-state index contributed by atoms with van der Waals surface area (Å²) in [5.74, 6) is 0.0552. The van der Waals surface area contributed by atoms with Crippen molar-refractivity contribution in [2.24, 2.45) is 0 Å². The van der Waals surface area contributed by atoms with Crippen molar-refractivity contribution in [3.05, 3.63) is 56.9 Å². The van der Waals surface area contributed by atoms with E-state index < -0.39 is 6.10 Å². The van der Waals surface area contributed by atoms with Crippen molar-refractivity contribution < 1.29 is 9.53 Å². The Morgan fingerprint density at radius 3 is 2.87 bits per heavy atom. The van der Waals surface area contributed by atoms with E-state index in [1.54, 1.807) is 25.1 Å². The molecular formula is C15H15Cl2N3O3. The number of hydrogen-bond donors (Lipinski definition) is 1. The highest BCUT2D eigenvalue weighted by molar-refractivity contribution is 6.35. The van der Waals surface area contributed by atoms with Crippen molar-refractivity contribution >= 4 is 29.1 Å². The van der Waals surface area contributed by atoms with Gasteiger partial charge in [0.15, 0.2) is 6.10 Å². The minimum absolute atomic E-state index is 0.223. The molecule has 0 saturated carbocycles. The standard InChI is InChI=1S/C15H15Cl2N3O3/c1-10(23-13-5-4-11(16)9-12(13)17)15(22)18-7-8-20-14(21)3-2-6-19-20/h2-6,9-10H,7-8H2,1H3,(H,18,22)/t10-/m0/s1. The first-order valence-corrected chi connectivity index (χ1v) is 7.64. The molecule has 1 atom stereocenters. The second kappa shape index (κ2) is 7.99. The van der Waals surface area contributed by atoms with Crippen LogP contribution in [0.5, 0.6) is 5.75 Å². The molecule has 0 fully saturated rings. The molecule has 1 N–H and O–H groups in total. The van der Waals surface area contributed by atoms with Crippen LogP contribution in [0, 0.1) is 0 Å². The van der Waals surface area contributed by atoms with Gasteiger partial charge in [-0.1, -0.05) is 23.2 Å². The van der Waals surface area contributed by atoms with E-state index in [2.05, 4.69) is 10.4 Å². The van der Waals surface area contributed by atoms with Crippen molar-refractivity contribution in [3.63, 3.8) is 0 Å². The number of nitrogens with zero attached hydrogens (tertiary/aromatic N) is 2. The Kier molecular flexibility index (Phi) is 6.01. The molecule has 0 spiro atoms. The molecule has 1 aromatic carbocycles. The molecule has 8 heteroatoms. The number of aromatic nitrogens is 2. The van der Waals surface area contributed by atoms with Crippen LogP contribution in [-0.2, 0) is 11.3 Å². The SMILES string of the molecule is C[C@H](Oc1ccc(Cl)cc1Cl)C(=O)NCCn1ncccc1=O. The van der Waals surface area contributed by atoms with Crippen molar-refractivity contribution in [2.75, 3.05) is 6.54 Å². The van der Waals surface area contributed by atoms with Gasteiger partial charge < -0.3 is 10.1 Å². The second-order valence-corrected chi connectivity index (χ2v) is 5.55. The van der Waals surface area contributed by atoms with Crippen LogP contribution in [0.3, 0.4) is 0 Å². The van der Waals surface area contributed by atoms with Gasteiger partial charge in [0.1, 0.15) is 5.75 Å². The molecular weight excluding hydrogens is 341 g/mol. The first kappa shape index (κ1) is 17.3. The number of carbonyl (C=O) groups excluding carboxylic acids is 1. The van der Waals surface area contributed by atoms with Crippen LogP contribution in [0.2, 0.25) is 10.0 Å². The van der Waals surface area contributed by atoms with E-state index in [0.717, 1.165) is 0 Å². The Balaban J connectivity index is 1.85. The third-order valence-electron chi connectivity index (χ3n) is 2.98. The third kappa shape index (κ3) is 4.97. The average Bonchev–Trinajstić information content (AvgIpc) is 2.51. The zero-order valence-corrected chi connectivity index (χ0v) is 13.8. The van der Waals surface area contributed by atoms with Crippen LogP contribution in [-0.4, -0.2) is 28.3 Å². The van der Waals surface area contributed by atoms with Crippen LogP contribution >= 0.6 is 23.2 Å². The topological polar surface area (TPSA) is 73.2 Å². The van der Waals surface area contributed by atoms with Crippen molar-refractivity contribution in [1.29, 1.82) is 0 Å². The lowest BCUT2D eigenvalue weighted by Crippen LogP contribution is -2.39. The maximum Gasteiger partial charge on any atom is 0.266 e. The molecule has 6 nitrogen and oxygen atoms in total. The summed E-state index contributed by atoms with van der Waals surface area (Å²) in [6, 6.07) is 7.73. The quantitative estimate of drug-likeness (QED) is 0.861. The van der Waals surface area contributed by atoms with Gasteiger partial charge in [-0.25, -0.2) is 4.68 Å². The Morgan fingerprint density at radius 2 is 2.17 bits per heavy atom. The number of benzene rings is 1. The smallest absolute Gasteiger partial charge is 0.266 e. The monoisotopic (exact) mass is 355 g/mol. The van der Waals surface area contributed by atoms with E-state index in [4.69, 9.17) is 27.9 Å². The molecule has 0 aliphatic heterocycles. The van der Waals surface area contributed by atoms with Crippen LogP contribution in [0.15, 0.2) is 41.3 Å². The predicted molar refractivity (Wildman–Crippen MR) is 88.1 cm³/mol. The Bertz CT molecular complexity index is 749. The lowest BCUT2D eigenvalue weighted by atomic mass is 10.3. The van der Waals surface area contributed by atoms with Gasteiger partial charge in [-0.2, -0.15) is 5.10 Å². The highest BCUT2D eigenvalue weighted by atomic mass is 35.5. The Hall–Kier alpha value is -2.05. The predicted octanol–water partition coefficient (Wildman–Crippen LogP) is 2.13. The molecule has 0 unspecified atom stereocenters. The third-order valence-corrected chi connectivity index (χ3v) is 3.51. The van der Waals surface area contributed by atoms with E-state index in [1.165, 1.54) is 23.0 Å². The largest absolute Gasteiger partial charge is 0.479 e. The molecule has 0 bridgehead atoms. The molecule has 1 heterocycles. The lowest BCUT2D eigenvalue weighted by Gasteiger charge is -2.15. The molecule has 0 aliphatic rings. The summed E-state index contributed by atoms with van der Waals surface area (Å²) in [5.41, 5.74) is -0.223. The summed E-state index contributed by atoms with van der Waals surface area (Å²) in [5, 5.41) is 7.39. The van der Waals surface area contributed by atoms with E-state index in [1.807, 2.05) is 0 Å². The maximum atomic E-state index is 12.0. The fourth-order valence-electron chi connectivity index (χ4n) is 1.80. The van der Waals surface area contributed by atoms with Gasteiger partial charge in [0.25, 0.3) is 11.5 Å². The minimum Gasteiger partial charge on any atom is -0.479 e. The van der Waals surface area contributed by atoms with Crippen LogP contribution in [0.25, 0.3) is 0 Å². The van der Waals surface area contributed by atoms with Crippen LogP contribution in [0.4, 0.5) is 0 Å². The lowest BCUT2D eigenvalue weighted by molar-refractivity contribution is -0.127. The number of rotatable bonds is 6.